The maximum absolute atomic E-state index is 13.6. The van der Waals surface area contributed by atoms with Gasteiger partial charge < -0.3 is 26.8 Å². The quantitative estimate of drug-likeness (QED) is 0.0776. The number of rotatable bonds is 9. The highest BCUT2D eigenvalue weighted by Crippen LogP contribution is 2.40. The normalized spacial score (nSPS) is 12.9. The van der Waals surface area contributed by atoms with Crippen LogP contribution in [0.15, 0.2) is 87.5 Å². The van der Waals surface area contributed by atoms with Crippen LogP contribution in [0.25, 0.3) is 0 Å². The van der Waals surface area contributed by atoms with Crippen LogP contribution in [0.2, 0.25) is 0 Å². The highest BCUT2D eigenvalue weighted by Gasteiger charge is 2.36. The molecule has 262 valence electrons. The van der Waals surface area contributed by atoms with Crippen molar-refractivity contribution >= 4 is 82.3 Å². The van der Waals surface area contributed by atoms with E-state index in [0.29, 0.717) is 0 Å². The summed E-state index contributed by atoms with van der Waals surface area (Å²) in [6.07, 6.45) is 0. The number of aromatic hydroxyl groups is 1. The number of ketones is 2. The second-order valence-electron chi connectivity index (χ2n) is 10.6. The van der Waals surface area contributed by atoms with Crippen molar-refractivity contribution in [1.29, 1.82) is 0 Å². The summed E-state index contributed by atoms with van der Waals surface area (Å²) >= 11 is 0. The summed E-state index contributed by atoms with van der Waals surface area (Å²) in [5, 5.41) is 17.9. The number of nitrogens with one attached hydrogen (secondary N) is 3. The molecule has 0 bridgehead atoms. The number of carbonyl (C=O) groups is 2. The van der Waals surface area contributed by atoms with Crippen LogP contribution in [0.3, 0.4) is 0 Å². The molecule has 4 aromatic carbocycles. The fourth-order valence-corrected chi connectivity index (χ4v) is 6.91. The van der Waals surface area contributed by atoms with Crippen molar-refractivity contribution in [1.82, 2.24) is 15.0 Å². The zero-order valence-electron chi connectivity index (χ0n) is 25.1. The molecule has 0 saturated carbocycles. The molecule has 0 amide bonds. The van der Waals surface area contributed by atoms with Gasteiger partial charge in [-0.25, -0.2) is 0 Å². The average molecular weight is 756 g/mol. The van der Waals surface area contributed by atoms with Gasteiger partial charge in [0.2, 0.25) is 11.9 Å². The van der Waals surface area contributed by atoms with Crippen molar-refractivity contribution in [3.05, 3.63) is 95.1 Å². The number of fused-ring (bicyclic) bond motifs is 2. The lowest BCUT2D eigenvalue weighted by Gasteiger charge is -2.24. The molecule has 0 radical (unpaired) electrons. The third kappa shape index (κ3) is 6.89. The highest BCUT2D eigenvalue weighted by molar-refractivity contribution is 7.86. The molecule has 9 N–H and O–H groups in total. The third-order valence-electron chi connectivity index (χ3n) is 7.29. The van der Waals surface area contributed by atoms with Gasteiger partial charge in [0.25, 0.3) is 30.4 Å². The first-order valence-corrected chi connectivity index (χ1v) is 18.2. The minimum atomic E-state index is -5.07. The van der Waals surface area contributed by atoms with Crippen molar-refractivity contribution in [2.75, 3.05) is 21.7 Å². The first-order valence-electron chi connectivity index (χ1n) is 13.9. The Morgan fingerprint density at radius 3 is 1.69 bits per heavy atom. The zero-order valence-corrected chi connectivity index (χ0v) is 27.6. The number of aromatic nitrogens is 3. The Balaban J connectivity index is 1.37. The molecule has 1 aliphatic carbocycles. The zero-order chi connectivity index (χ0) is 37.0. The van der Waals surface area contributed by atoms with Crippen LogP contribution in [0.5, 0.6) is 6.01 Å². The summed E-state index contributed by atoms with van der Waals surface area (Å²) in [5.74, 6) is -2.30. The number of anilines is 7. The Morgan fingerprint density at radius 1 is 0.569 bits per heavy atom. The molecule has 19 nitrogen and oxygen atoms in total. The lowest BCUT2D eigenvalue weighted by Crippen LogP contribution is -2.25. The standard InChI is InChI=1S/C29H21N7O12S3/c30-24-21(51(46,47)48)12-19(22-23(24)26(38)17-4-2-1-3-16(17)25(22)37)31-14-7-10-18(20(11-14)50(43,44)45)33-28-34-27(35-29(39)36-28)32-13-5-8-15(9-6-13)49(40,41)42/h1-12,31H,30H2,(H,40,41,42)(H,43,44,45)(H,46,47,48)(H3,32,33,34,35,36,39). The number of benzene rings is 4. The number of hydrogen-bond acceptors (Lipinski definition) is 16. The molecular weight excluding hydrogens is 735 g/mol. The Morgan fingerprint density at radius 2 is 1.12 bits per heavy atom. The van der Waals surface area contributed by atoms with Crippen LogP contribution in [0, 0.1) is 0 Å². The van der Waals surface area contributed by atoms with Crippen LogP contribution >= 0.6 is 0 Å². The van der Waals surface area contributed by atoms with Gasteiger partial charge in [0.1, 0.15) is 9.79 Å². The molecular formula is C29H21N7O12S3. The average Bonchev–Trinajstić information content (AvgIpc) is 3.03. The molecule has 1 heterocycles. The van der Waals surface area contributed by atoms with E-state index >= 15 is 0 Å². The second kappa shape index (κ2) is 12.4. The number of carbonyl (C=O) groups excluding carboxylic acids is 2. The Labute approximate surface area is 287 Å². The lowest BCUT2D eigenvalue weighted by molar-refractivity contribution is 0.0980. The number of hydrogen-bond donors (Lipinski definition) is 8. The van der Waals surface area contributed by atoms with Crippen LogP contribution in [0.4, 0.5) is 40.3 Å². The lowest BCUT2D eigenvalue weighted by atomic mass is 9.82. The van der Waals surface area contributed by atoms with Gasteiger partial charge in [-0.15, -0.1) is 0 Å². The van der Waals surface area contributed by atoms with E-state index in [2.05, 4.69) is 30.9 Å². The van der Waals surface area contributed by atoms with Crippen molar-refractivity contribution in [2.45, 2.75) is 14.7 Å². The van der Waals surface area contributed by atoms with Gasteiger partial charge in [0.05, 0.1) is 33.1 Å². The molecule has 0 spiro atoms. The Hall–Kier alpha value is -6.04. The molecule has 1 aliphatic rings. The number of nitrogens with zero attached hydrogens (tertiary/aromatic N) is 3. The molecule has 0 aliphatic heterocycles. The molecule has 0 atom stereocenters. The fourth-order valence-electron chi connectivity index (χ4n) is 5.11. The van der Waals surface area contributed by atoms with Crippen LogP contribution in [-0.2, 0) is 30.4 Å². The van der Waals surface area contributed by atoms with Gasteiger partial charge in [-0.05, 0) is 48.5 Å². The van der Waals surface area contributed by atoms with Gasteiger partial charge in [-0.3, -0.25) is 23.2 Å². The minimum absolute atomic E-state index is 0.0280. The molecule has 6 rings (SSSR count). The maximum atomic E-state index is 13.6. The van der Waals surface area contributed by atoms with Gasteiger partial charge in [0, 0.05) is 22.5 Å². The minimum Gasteiger partial charge on any atom is -0.479 e. The van der Waals surface area contributed by atoms with E-state index < -0.39 is 79.8 Å². The SMILES string of the molecule is Nc1c(S(=O)(=O)O)cc(Nc2ccc(Nc3nc(O)nc(Nc4ccc(S(=O)(=O)O)cc4)n3)c(S(=O)(=O)O)c2)c2c1C(=O)c1ccccc1C2=O. The number of nitrogen functional groups attached to an aromatic ring is 1. The molecule has 0 saturated heterocycles. The predicted molar refractivity (Wildman–Crippen MR) is 178 cm³/mol. The van der Waals surface area contributed by atoms with E-state index in [1.807, 2.05) is 0 Å². The van der Waals surface area contributed by atoms with Gasteiger partial charge in [-0.1, -0.05) is 24.3 Å². The molecule has 51 heavy (non-hydrogen) atoms. The second-order valence-corrected chi connectivity index (χ2v) is 14.8. The first kappa shape index (κ1) is 34.8. The van der Waals surface area contributed by atoms with Crippen molar-refractivity contribution in [2.24, 2.45) is 0 Å². The van der Waals surface area contributed by atoms with Crippen LogP contribution < -0.4 is 21.7 Å². The summed E-state index contributed by atoms with van der Waals surface area (Å²) in [5.41, 5.74) is 3.65. The molecule has 0 fully saturated rings. The summed E-state index contributed by atoms with van der Waals surface area (Å²) in [7, 11) is -14.6. The van der Waals surface area contributed by atoms with E-state index in [1.165, 1.54) is 42.5 Å². The molecule has 0 unspecified atom stereocenters. The van der Waals surface area contributed by atoms with E-state index in [4.69, 9.17) is 10.3 Å². The Kier molecular flexibility index (Phi) is 8.45. The topological polar surface area (TPSA) is 318 Å². The monoisotopic (exact) mass is 755 g/mol. The summed E-state index contributed by atoms with van der Waals surface area (Å²) in [6.45, 7) is 0. The Bertz CT molecular complexity index is 2650. The maximum Gasteiger partial charge on any atom is 0.320 e. The van der Waals surface area contributed by atoms with E-state index in [-0.39, 0.29) is 45.4 Å². The first-order chi connectivity index (χ1) is 23.8. The largest absolute Gasteiger partial charge is 0.479 e. The summed E-state index contributed by atoms with van der Waals surface area (Å²) < 4.78 is 101. The van der Waals surface area contributed by atoms with Crippen LogP contribution in [0.1, 0.15) is 31.8 Å². The van der Waals surface area contributed by atoms with Crippen molar-refractivity contribution < 1.29 is 53.6 Å². The fraction of sp³-hybridized carbons (Fsp3) is 0. The van der Waals surface area contributed by atoms with E-state index in [1.54, 1.807) is 0 Å². The number of nitrogens with two attached hydrogens (primary N) is 1. The molecule has 5 aromatic rings. The molecule has 1 aromatic heterocycles. The summed E-state index contributed by atoms with van der Waals surface area (Å²) in [6, 6.07) is 13.4. The van der Waals surface area contributed by atoms with Gasteiger partial charge in [0.15, 0.2) is 11.6 Å². The third-order valence-corrected chi connectivity index (χ3v) is 9.95. The van der Waals surface area contributed by atoms with Crippen LogP contribution in [-0.4, -0.2) is 70.5 Å². The van der Waals surface area contributed by atoms with Gasteiger partial charge in [-0.2, -0.15) is 40.2 Å². The van der Waals surface area contributed by atoms with Crippen molar-refractivity contribution in [3.8, 4) is 6.01 Å². The highest BCUT2D eigenvalue weighted by atomic mass is 32.2. The van der Waals surface area contributed by atoms with Gasteiger partial charge >= 0.3 is 6.01 Å². The molecule has 22 heteroatoms. The predicted octanol–water partition coefficient (Wildman–Crippen LogP) is 2.91. The van der Waals surface area contributed by atoms with E-state index in [0.717, 1.165) is 30.3 Å². The van der Waals surface area contributed by atoms with E-state index in [9.17, 15) is 49.1 Å². The van der Waals surface area contributed by atoms with Crippen molar-refractivity contribution in [3.63, 3.8) is 0 Å². The smallest absolute Gasteiger partial charge is 0.320 e. The summed E-state index contributed by atoms with van der Waals surface area (Å²) in [4.78, 5) is 36.3.